The molecule has 0 saturated carbocycles. The van der Waals surface area contributed by atoms with E-state index in [4.69, 9.17) is 0 Å². The lowest BCUT2D eigenvalue weighted by Crippen LogP contribution is -2.20. The molecule has 0 radical (unpaired) electrons. The number of carbonyl (C=O) groups excluding carboxylic acids is 1. The van der Waals surface area contributed by atoms with E-state index in [2.05, 4.69) is 31.4 Å². The lowest BCUT2D eigenvalue weighted by atomic mass is 10.2. The number of hydrogen-bond acceptors (Lipinski definition) is 3. The van der Waals surface area contributed by atoms with E-state index >= 15 is 0 Å². The van der Waals surface area contributed by atoms with Gasteiger partial charge in [-0.1, -0.05) is 40.2 Å². The first-order chi connectivity index (χ1) is 12.6. The van der Waals surface area contributed by atoms with Crippen molar-refractivity contribution in [3.8, 4) is 0 Å². The molecule has 26 heavy (non-hydrogen) atoms. The van der Waals surface area contributed by atoms with Gasteiger partial charge in [-0.3, -0.25) is 9.20 Å². The number of amides is 1. The Bertz CT molecular complexity index is 1150. The first-order valence-electron chi connectivity index (χ1n) is 8.07. The second-order valence-corrected chi connectivity index (χ2v) is 6.90. The fraction of sp³-hybridized carbons (Fsp3) is 0.105. The Hall–Kier alpha value is -2.93. The third-order valence-corrected chi connectivity index (χ3v) is 4.81. The van der Waals surface area contributed by atoms with Gasteiger partial charge in [0.1, 0.15) is 5.69 Å². The fourth-order valence-electron chi connectivity index (χ4n) is 3.05. The Morgan fingerprint density at radius 2 is 1.85 bits per heavy atom. The van der Waals surface area contributed by atoms with Gasteiger partial charge in [-0.05, 0) is 36.8 Å². The zero-order valence-electron chi connectivity index (χ0n) is 14.3. The predicted molar refractivity (Wildman–Crippen MR) is 106 cm³/mol. The van der Waals surface area contributed by atoms with E-state index in [0.717, 1.165) is 26.8 Å². The van der Waals surface area contributed by atoms with Crippen molar-refractivity contribution < 1.29 is 4.79 Å². The maximum Gasteiger partial charge on any atom is 0.290 e. The minimum absolute atomic E-state index is 0.292. The minimum Gasteiger partial charge on any atom is -0.313 e. The highest BCUT2D eigenvalue weighted by molar-refractivity contribution is 9.10. The quantitative estimate of drug-likeness (QED) is 0.414. The summed E-state index contributed by atoms with van der Waals surface area (Å²) >= 11 is 3.39. The van der Waals surface area contributed by atoms with Crippen molar-refractivity contribution in [2.75, 3.05) is 0 Å². The third-order valence-electron chi connectivity index (χ3n) is 4.28. The van der Waals surface area contributed by atoms with Crippen molar-refractivity contribution in [3.05, 3.63) is 70.0 Å². The molecule has 0 fully saturated rings. The molecule has 2 aromatic carbocycles. The molecule has 1 amide bonds. The van der Waals surface area contributed by atoms with Crippen LogP contribution in [0.2, 0.25) is 0 Å². The Kier molecular flexibility index (Phi) is 4.08. The summed E-state index contributed by atoms with van der Waals surface area (Å²) in [5.41, 5.74) is 6.61. The van der Waals surface area contributed by atoms with Crippen molar-refractivity contribution in [1.82, 2.24) is 19.4 Å². The summed E-state index contributed by atoms with van der Waals surface area (Å²) in [5.74, 6) is 0.436. The normalized spacial score (nSPS) is 11.7. The Balaban J connectivity index is 1.69. The van der Waals surface area contributed by atoms with E-state index in [1.807, 2.05) is 71.5 Å². The first-order valence-corrected chi connectivity index (χ1v) is 8.87. The van der Waals surface area contributed by atoms with Crippen molar-refractivity contribution in [2.45, 2.75) is 6.92 Å². The van der Waals surface area contributed by atoms with Gasteiger partial charge in [0.25, 0.3) is 5.91 Å². The molecule has 6 nitrogen and oxygen atoms in total. The van der Waals surface area contributed by atoms with Crippen LogP contribution in [-0.4, -0.2) is 26.1 Å². The van der Waals surface area contributed by atoms with Gasteiger partial charge in [0.15, 0.2) is 0 Å². The smallest absolute Gasteiger partial charge is 0.290 e. The van der Waals surface area contributed by atoms with E-state index in [9.17, 15) is 4.79 Å². The number of nitrogens with zero attached hydrogens (tertiary/aromatic N) is 4. The van der Waals surface area contributed by atoms with Gasteiger partial charge in [-0.15, -0.1) is 0 Å². The maximum absolute atomic E-state index is 12.7. The summed E-state index contributed by atoms with van der Waals surface area (Å²) < 4.78 is 4.84. The summed E-state index contributed by atoms with van der Waals surface area (Å²) in [7, 11) is 1.94. The highest BCUT2D eigenvalue weighted by Crippen LogP contribution is 2.23. The van der Waals surface area contributed by atoms with E-state index in [1.54, 1.807) is 6.21 Å². The second-order valence-electron chi connectivity index (χ2n) is 5.98. The number of nitrogens with one attached hydrogen (secondary N) is 1. The predicted octanol–water partition coefficient (Wildman–Crippen LogP) is 3.66. The second kappa shape index (κ2) is 6.42. The zero-order valence-corrected chi connectivity index (χ0v) is 15.9. The molecule has 4 aromatic rings. The highest BCUT2D eigenvalue weighted by atomic mass is 79.9. The van der Waals surface area contributed by atoms with E-state index in [1.165, 1.54) is 0 Å². The molecule has 0 unspecified atom stereocenters. The number of imidazole rings is 2. The highest BCUT2D eigenvalue weighted by Gasteiger charge is 2.21. The SMILES string of the molecule is Cc1nc2n(C)c3ccccc3n2c1C(=O)N/N=C\c1ccc(Br)cc1. The van der Waals surface area contributed by atoms with Crippen LogP contribution >= 0.6 is 15.9 Å². The molecule has 0 saturated heterocycles. The zero-order chi connectivity index (χ0) is 18.3. The molecule has 0 atom stereocenters. The Labute approximate surface area is 158 Å². The molecular weight excluding hydrogens is 394 g/mol. The van der Waals surface area contributed by atoms with Crippen molar-refractivity contribution in [3.63, 3.8) is 0 Å². The van der Waals surface area contributed by atoms with Crippen LogP contribution in [0.15, 0.2) is 58.1 Å². The Morgan fingerprint density at radius 3 is 2.58 bits per heavy atom. The average Bonchev–Trinajstić information content (AvgIpc) is 3.11. The number of aromatic nitrogens is 3. The van der Waals surface area contributed by atoms with E-state index in [-0.39, 0.29) is 5.91 Å². The lowest BCUT2D eigenvalue weighted by Gasteiger charge is -2.01. The monoisotopic (exact) mass is 409 g/mol. The van der Waals surface area contributed by atoms with Gasteiger partial charge >= 0.3 is 0 Å². The van der Waals surface area contributed by atoms with Gasteiger partial charge in [0.05, 0.1) is 22.9 Å². The maximum atomic E-state index is 12.7. The standard InChI is InChI=1S/C19H16BrN5O/c1-12-17(18(26)23-21-11-13-7-9-14(20)10-8-13)25-16-6-4-3-5-15(16)24(2)19(25)22-12/h3-11H,1-2H3,(H,23,26)/b21-11-. The van der Waals surface area contributed by atoms with Crippen LogP contribution in [0.3, 0.4) is 0 Å². The number of rotatable bonds is 3. The molecule has 4 rings (SSSR count). The van der Waals surface area contributed by atoms with E-state index < -0.39 is 0 Å². The molecule has 0 aliphatic rings. The van der Waals surface area contributed by atoms with E-state index in [0.29, 0.717) is 11.4 Å². The Morgan fingerprint density at radius 1 is 1.15 bits per heavy atom. The number of para-hydroxylation sites is 2. The van der Waals surface area contributed by atoms with Crippen LogP contribution in [0.25, 0.3) is 16.8 Å². The van der Waals surface area contributed by atoms with Gasteiger partial charge in [-0.25, -0.2) is 10.4 Å². The summed E-state index contributed by atoms with van der Waals surface area (Å²) in [5, 5.41) is 4.07. The van der Waals surface area contributed by atoms with Crippen LogP contribution in [0.5, 0.6) is 0 Å². The van der Waals surface area contributed by atoms with Crippen molar-refractivity contribution >= 4 is 44.9 Å². The fourth-order valence-corrected chi connectivity index (χ4v) is 3.31. The molecule has 0 bridgehead atoms. The number of fused-ring (bicyclic) bond motifs is 3. The average molecular weight is 410 g/mol. The summed E-state index contributed by atoms with van der Waals surface area (Å²) in [4.78, 5) is 17.3. The molecule has 0 spiro atoms. The topological polar surface area (TPSA) is 63.7 Å². The van der Waals surface area contributed by atoms with Crippen molar-refractivity contribution in [2.24, 2.45) is 12.1 Å². The molecule has 2 aromatic heterocycles. The summed E-state index contributed by atoms with van der Waals surface area (Å²) in [6.45, 7) is 1.83. The molecular formula is C19H16BrN5O. The lowest BCUT2D eigenvalue weighted by molar-refractivity contribution is 0.0949. The minimum atomic E-state index is -0.292. The number of carbonyl (C=O) groups is 1. The number of halogens is 1. The number of hydrogen-bond donors (Lipinski definition) is 1. The number of aryl methyl sites for hydroxylation is 2. The van der Waals surface area contributed by atoms with Crippen molar-refractivity contribution in [1.29, 1.82) is 0 Å². The van der Waals surface area contributed by atoms with Gasteiger partial charge in [-0.2, -0.15) is 5.10 Å². The molecule has 0 aliphatic heterocycles. The molecule has 2 heterocycles. The van der Waals surface area contributed by atoms with Gasteiger partial charge in [0, 0.05) is 11.5 Å². The molecule has 1 N–H and O–H groups in total. The first kappa shape index (κ1) is 16.5. The molecule has 7 heteroatoms. The van der Waals surface area contributed by atoms with Crippen LogP contribution in [0.1, 0.15) is 21.7 Å². The van der Waals surface area contributed by atoms with Crippen LogP contribution in [-0.2, 0) is 7.05 Å². The van der Waals surface area contributed by atoms with Crippen LogP contribution < -0.4 is 5.43 Å². The van der Waals surface area contributed by atoms with Gasteiger partial charge < -0.3 is 4.57 Å². The summed E-state index contributed by atoms with van der Waals surface area (Å²) in [6, 6.07) is 15.6. The van der Waals surface area contributed by atoms with Crippen LogP contribution in [0.4, 0.5) is 0 Å². The summed E-state index contributed by atoms with van der Waals surface area (Å²) in [6.07, 6.45) is 1.61. The third kappa shape index (κ3) is 2.70. The van der Waals surface area contributed by atoms with Gasteiger partial charge in [0.2, 0.25) is 5.78 Å². The largest absolute Gasteiger partial charge is 0.313 e. The number of benzene rings is 2. The number of hydrazone groups is 1. The molecule has 0 aliphatic carbocycles. The van der Waals surface area contributed by atoms with Crippen LogP contribution in [0, 0.1) is 6.92 Å². The molecule has 130 valence electrons.